The highest BCUT2D eigenvalue weighted by atomic mass is 31.2. The molecule has 2 saturated heterocycles. The molecule has 0 aliphatic carbocycles. The molecule has 1 aromatic rings. The summed E-state index contributed by atoms with van der Waals surface area (Å²) >= 11 is 0. The van der Waals surface area contributed by atoms with Crippen molar-refractivity contribution in [2.75, 3.05) is 26.2 Å². The van der Waals surface area contributed by atoms with Crippen LogP contribution in [0.5, 0.6) is 0 Å². The minimum absolute atomic E-state index is 0.00470. The van der Waals surface area contributed by atoms with Crippen LogP contribution < -0.4 is 0 Å². The molecule has 2 aliphatic heterocycles. The molecule has 0 amide bonds. The highest BCUT2D eigenvalue weighted by Crippen LogP contribution is 2.61. The summed E-state index contributed by atoms with van der Waals surface area (Å²) in [6.45, 7) is 7.07. The number of hydrogen-bond acceptors (Lipinski definition) is 5. The number of hydrogen-bond donors (Lipinski definition) is 0. The Morgan fingerprint density at radius 1 is 1.41 bits per heavy atom. The van der Waals surface area contributed by atoms with Gasteiger partial charge in [0.05, 0.1) is 6.54 Å². The second-order valence-electron chi connectivity index (χ2n) is 5.19. The normalized spacial score (nSPS) is 18.4. The summed E-state index contributed by atoms with van der Waals surface area (Å²) in [7, 11) is -2.94. The van der Waals surface area contributed by atoms with Crippen molar-refractivity contribution in [3.63, 3.8) is 0 Å². The van der Waals surface area contributed by atoms with Crippen LogP contribution in [0.2, 0.25) is 0 Å². The number of nitrogens with zero attached hydrogens (tertiary/aromatic N) is 5. The van der Waals surface area contributed by atoms with E-state index in [-0.39, 0.29) is 12.4 Å². The van der Waals surface area contributed by atoms with Crippen LogP contribution in [0.1, 0.15) is 12.2 Å². The molecule has 0 bridgehead atoms. The lowest BCUT2D eigenvalue weighted by atomic mass is 10.4. The van der Waals surface area contributed by atoms with Crippen LogP contribution in [0, 0.1) is 10.1 Å². The maximum Gasteiger partial charge on any atom is 0.346 e. The molecule has 3 rings (SSSR count). The zero-order chi connectivity index (χ0) is 15.7. The molecular formula is C12H18N5O4P. The Morgan fingerprint density at radius 2 is 2.05 bits per heavy atom. The first-order chi connectivity index (χ1) is 10.6. The molecule has 0 saturated carbocycles. The van der Waals surface area contributed by atoms with Gasteiger partial charge >= 0.3 is 13.5 Å². The standard InChI is InChI=1S/C12H18N5O4P/c1-2-3-4-16-11(13-9-12(16)17(18)19)10-21-22(20,14-5-6-14)15-7-8-15/h2,9H,1,3-8,10H2. The van der Waals surface area contributed by atoms with E-state index in [2.05, 4.69) is 11.6 Å². The van der Waals surface area contributed by atoms with Crippen LogP contribution in [0.25, 0.3) is 0 Å². The second kappa shape index (κ2) is 5.92. The quantitative estimate of drug-likeness (QED) is 0.224. The van der Waals surface area contributed by atoms with Gasteiger partial charge in [0.25, 0.3) is 0 Å². The van der Waals surface area contributed by atoms with E-state index in [0.29, 0.717) is 18.8 Å². The fraction of sp³-hybridized carbons (Fsp3) is 0.583. The van der Waals surface area contributed by atoms with E-state index in [1.807, 2.05) is 0 Å². The van der Waals surface area contributed by atoms with Gasteiger partial charge in [-0.15, -0.1) is 6.58 Å². The lowest BCUT2D eigenvalue weighted by Gasteiger charge is -2.18. The van der Waals surface area contributed by atoms with Crippen molar-refractivity contribution in [3.8, 4) is 0 Å². The average Bonchev–Trinajstić information content (AvgIpc) is 3.36. The van der Waals surface area contributed by atoms with Crippen LogP contribution in [-0.2, 0) is 22.2 Å². The molecular weight excluding hydrogens is 309 g/mol. The minimum atomic E-state index is -2.94. The maximum atomic E-state index is 12.8. The zero-order valence-corrected chi connectivity index (χ0v) is 13.0. The van der Waals surface area contributed by atoms with Gasteiger partial charge < -0.3 is 10.1 Å². The van der Waals surface area contributed by atoms with Crippen molar-refractivity contribution < 1.29 is 14.0 Å². The van der Waals surface area contributed by atoms with Gasteiger partial charge in [-0.2, -0.15) is 0 Å². The lowest BCUT2D eigenvalue weighted by molar-refractivity contribution is -0.392. The molecule has 2 fully saturated rings. The molecule has 0 radical (unpaired) electrons. The summed E-state index contributed by atoms with van der Waals surface area (Å²) in [5.41, 5.74) is 0. The summed E-state index contributed by atoms with van der Waals surface area (Å²) in [6.07, 6.45) is 3.48. The summed E-state index contributed by atoms with van der Waals surface area (Å²) in [4.78, 5) is 14.6. The largest absolute Gasteiger partial charge is 0.358 e. The summed E-state index contributed by atoms with van der Waals surface area (Å²) < 4.78 is 23.5. The first-order valence-electron chi connectivity index (χ1n) is 7.11. The first-order valence-corrected chi connectivity index (χ1v) is 8.64. The molecule has 0 unspecified atom stereocenters. The van der Waals surface area contributed by atoms with Crippen LogP contribution in [0.15, 0.2) is 18.9 Å². The van der Waals surface area contributed by atoms with Gasteiger partial charge in [0.2, 0.25) is 5.82 Å². The summed E-state index contributed by atoms with van der Waals surface area (Å²) in [5, 5.41) is 11.0. The average molecular weight is 327 g/mol. The van der Waals surface area contributed by atoms with E-state index in [9.17, 15) is 14.7 Å². The van der Waals surface area contributed by atoms with Crippen LogP contribution >= 0.6 is 7.67 Å². The lowest BCUT2D eigenvalue weighted by Crippen LogP contribution is -2.12. The molecule has 120 valence electrons. The van der Waals surface area contributed by atoms with Gasteiger partial charge in [-0.3, -0.25) is 9.09 Å². The minimum Gasteiger partial charge on any atom is -0.358 e. The summed E-state index contributed by atoms with van der Waals surface area (Å²) in [6, 6.07) is 0. The Hall–Kier alpha value is -1.54. The molecule has 0 aromatic carbocycles. The van der Waals surface area contributed by atoms with E-state index >= 15 is 0 Å². The number of imidazole rings is 1. The van der Waals surface area contributed by atoms with Crippen LogP contribution in [0.4, 0.5) is 5.82 Å². The third kappa shape index (κ3) is 2.98. The van der Waals surface area contributed by atoms with E-state index in [0.717, 1.165) is 26.2 Å². The fourth-order valence-electron chi connectivity index (χ4n) is 2.21. The predicted octanol–water partition coefficient (Wildman–Crippen LogP) is 1.62. The molecule has 3 heterocycles. The number of aromatic nitrogens is 2. The van der Waals surface area contributed by atoms with Gasteiger partial charge in [-0.25, -0.2) is 18.9 Å². The Bertz CT molecular complexity index is 621. The molecule has 0 spiro atoms. The second-order valence-corrected chi connectivity index (χ2v) is 7.56. The van der Waals surface area contributed by atoms with Crippen molar-refractivity contribution in [1.29, 1.82) is 0 Å². The van der Waals surface area contributed by atoms with Gasteiger partial charge in [0.1, 0.15) is 12.8 Å². The van der Waals surface area contributed by atoms with Crippen LogP contribution in [-0.4, -0.2) is 50.0 Å². The van der Waals surface area contributed by atoms with Crippen molar-refractivity contribution in [3.05, 3.63) is 34.8 Å². The Labute approximate surface area is 127 Å². The van der Waals surface area contributed by atoms with E-state index in [1.165, 1.54) is 10.8 Å². The maximum absolute atomic E-state index is 12.8. The van der Waals surface area contributed by atoms with Gasteiger partial charge in [-0.05, 0) is 4.92 Å². The van der Waals surface area contributed by atoms with E-state index in [4.69, 9.17) is 4.52 Å². The molecule has 0 atom stereocenters. The summed E-state index contributed by atoms with van der Waals surface area (Å²) in [5.74, 6) is 0.325. The monoisotopic (exact) mass is 327 g/mol. The highest BCUT2D eigenvalue weighted by molar-refractivity contribution is 7.54. The van der Waals surface area contributed by atoms with Gasteiger partial charge in [-0.1, -0.05) is 6.08 Å². The van der Waals surface area contributed by atoms with Crippen LogP contribution in [0.3, 0.4) is 0 Å². The third-order valence-electron chi connectivity index (χ3n) is 3.58. The van der Waals surface area contributed by atoms with Crippen molar-refractivity contribution in [2.45, 2.75) is 19.6 Å². The molecule has 1 aromatic heterocycles. The number of rotatable bonds is 9. The van der Waals surface area contributed by atoms with Gasteiger partial charge in [0.15, 0.2) is 0 Å². The molecule has 9 nitrogen and oxygen atoms in total. The van der Waals surface area contributed by atoms with Crippen molar-refractivity contribution in [1.82, 2.24) is 18.9 Å². The molecule has 10 heteroatoms. The molecule has 2 aliphatic rings. The number of nitro groups is 1. The first kappa shape index (κ1) is 15.4. The zero-order valence-electron chi connectivity index (χ0n) is 12.1. The van der Waals surface area contributed by atoms with Crippen molar-refractivity contribution >= 4 is 13.5 Å². The molecule has 0 N–H and O–H groups in total. The predicted molar refractivity (Wildman–Crippen MR) is 79.2 cm³/mol. The van der Waals surface area contributed by atoms with E-state index in [1.54, 1.807) is 15.4 Å². The Kier molecular flexibility index (Phi) is 4.14. The third-order valence-corrected chi connectivity index (χ3v) is 6.28. The van der Waals surface area contributed by atoms with Gasteiger partial charge in [0, 0.05) is 32.6 Å². The Morgan fingerprint density at radius 3 is 2.55 bits per heavy atom. The molecule has 22 heavy (non-hydrogen) atoms. The van der Waals surface area contributed by atoms with Crippen molar-refractivity contribution in [2.24, 2.45) is 0 Å². The topological polar surface area (TPSA) is 93.3 Å². The fourth-order valence-corrected chi connectivity index (χ4v) is 4.37. The Balaban J connectivity index is 1.75. The smallest absolute Gasteiger partial charge is 0.346 e. The SMILES string of the molecule is C=CCCn1c([N+](=O)[O-])cnc1COP(=O)(N1CC1)N1CC1. The highest BCUT2D eigenvalue weighted by Gasteiger charge is 2.49. The van der Waals surface area contributed by atoms with E-state index < -0.39 is 12.6 Å². The number of allylic oxidation sites excluding steroid dienone is 1.